The van der Waals surface area contributed by atoms with Crippen LogP contribution < -0.4 is 0 Å². The third-order valence-electron chi connectivity index (χ3n) is 5.12. The van der Waals surface area contributed by atoms with Gasteiger partial charge in [0.05, 0.1) is 11.4 Å². The van der Waals surface area contributed by atoms with Crippen LogP contribution in [0.1, 0.15) is 80.1 Å². The number of rotatable bonds is 4. The van der Waals surface area contributed by atoms with Gasteiger partial charge in [-0.3, -0.25) is 4.99 Å². The topological polar surface area (TPSA) is 15.6 Å². The lowest BCUT2D eigenvalue weighted by atomic mass is 9.68. The van der Waals surface area contributed by atoms with Gasteiger partial charge in [-0.2, -0.15) is 0 Å². The van der Waals surface area contributed by atoms with Gasteiger partial charge in [0.2, 0.25) is 0 Å². The molecule has 1 saturated carbocycles. The first-order valence-electron chi connectivity index (χ1n) is 8.45. The highest BCUT2D eigenvalue weighted by Crippen LogP contribution is 2.42. The van der Waals surface area contributed by atoms with Gasteiger partial charge in [-0.1, -0.05) is 34.1 Å². The molecule has 0 atom stereocenters. The number of amidine groups is 1. The summed E-state index contributed by atoms with van der Waals surface area (Å²) in [6.45, 7) is 15.1. The molecule has 0 N–H and O–H groups in total. The first-order valence-corrected chi connectivity index (χ1v) is 8.45. The fraction of sp³-hybridized carbons (Fsp3) is 0.944. The number of nitrogens with zero attached hydrogens (tertiary/aromatic N) is 2. The molecular weight excluding hydrogens is 244 g/mol. The van der Waals surface area contributed by atoms with Crippen molar-refractivity contribution >= 4 is 5.84 Å². The van der Waals surface area contributed by atoms with Crippen molar-refractivity contribution in [1.82, 2.24) is 4.90 Å². The average molecular weight is 280 g/mol. The van der Waals surface area contributed by atoms with Crippen molar-refractivity contribution < 1.29 is 0 Å². The first kappa shape index (κ1) is 17.5. The van der Waals surface area contributed by atoms with Crippen LogP contribution in [0.25, 0.3) is 0 Å². The minimum atomic E-state index is 0.173. The van der Waals surface area contributed by atoms with Gasteiger partial charge >= 0.3 is 0 Å². The molecule has 0 aliphatic heterocycles. The van der Waals surface area contributed by atoms with Crippen molar-refractivity contribution in [2.24, 2.45) is 16.3 Å². The van der Waals surface area contributed by atoms with Gasteiger partial charge in [-0.05, 0) is 57.3 Å². The molecule has 1 fully saturated rings. The fourth-order valence-corrected chi connectivity index (χ4v) is 3.25. The minimum Gasteiger partial charge on any atom is -0.364 e. The second-order valence-corrected chi connectivity index (χ2v) is 8.07. The van der Waals surface area contributed by atoms with Crippen molar-refractivity contribution in [1.29, 1.82) is 0 Å². The Hall–Kier alpha value is -0.530. The maximum atomic E-state index is 5.08. The van der Waals surface area contributed by atoms with E-state index in [0.717, 1.165) is 12.5 Å². The summed E-state index contributed by atoms with van der Waals surface area (Å²) in [4.78, 5) is 7.40. The smallest absolute Gasteiger partial charge is 0.0961 e. The average Bonchev–Trinajstić information content (AvgIpc) is 2.34. The van der Waals surface area contributed by atoms with E-state index in [2.05, 4.69) is 53.5 Å². The molecule has 2 heteroatoms. The first-order chi connectivity index (χ1) is 9.18. The monoisotopic (exact) mass is 280 g/mol. The molecule has 20 heavy (non-hydrogen) atoms. The Morgan fingerprint density at radius 1 is 1.25 bits per heavy atom. The molecule has 0 aromatic carbocycles. The van der Waals surface area contributed by atoms with E-state index in [1.165, 1.54) is 44.4 Å². The number of hydrogen-bond acceptors (Lipinski definition) is 1. The van der Waals surface area contributed by atoms with Gasteiger partial charge in [0, 0.05) is 13.6 Å². The zero-order chi connectivity index (χ0) is 15.4. The largest absolute Gasteiger partial charge is 0.364 e. The molecule has 0 heterocycles. The van der Waals surface area contributed by atoms with E-state index in [1.807, 2.05) is 0 Å². The highest BCUT2D eigenvalue weighted by Gasteiger charge is 2.35. The van der Waals surface area contributed by atoms with E-state index in [9.17, 15) is 0 Å². The molecule has 2 nitrogen and oxygen atoms in total. The van der Waals surface area contributed by atoms with E-state index in [-0.39, 0.29) is 5.54 Å². The Kier molecular flexibility index (Phi) is 6.09. The molecule has 0 amide bonds. The molecule has 1 aliphatic carbocycles. The van der Waals surface area contributed by atoms with Crippen LogP contribution in [0.2, 0.25) is 0 Å². The maximum absolute atomic E-state index is 5.08. The second-order valence-electron chi connectivity index (χ2n) is 8.07. The van der Waals surface area contributed by atoms with Crippen LogP contribution in [0.5, 0.6) is 0 Å². The summed E-state index contributed by atoms with van der Waals surface area (Å²) in [6.07, 6.45) is 7.65. The van der Waals surface area contributed by atoms with Crippen molar-refractivity contribution in [3.63, 3.8) is 0 Å². The highest BCUT2D eigenvalue weighted by atomic mass is 15.2. The molecular formula is C18H36N2. The molecule has 1 aliphatic rings. The molecule has 1 rings (SSSR count). The Balaban J connectivity index is 2.59. The zero-order valence-corrected chi connectivity index (χ0v) is 14.9. The zero-order valence-electron chi connectivity index (χ0n) is 14.9. The van der Waals surface area contributed by atoms with Gasteiger partial charge in [0.25, 0.3) is 0 Å². The Labute approximate surface area is 127 Å². The van der Waals surface area contributed by atoms with Gasteiger partial charge < -0.3 is 4.90 Å². The lowest BCUT2D eigenvalue weighted by Crippen LogP contribution is -2.36. The summed E-state index contributed by atoms with van der Waals surface area (Å²) in [5.41, 5.74) is 0.629. The van der Waals surface area contributed by atoms with Crippen LogP contribution in [0, 0.1) is 11.3 Å². The lowest BCUT2D eigenvalue weighted by Gasteiger charge is -2.41. The summed E-state index contributed by atoms with van der Waals surface area (Å²) in [5.74, 6) is 2.08. The van der Waals surface area contributed by atoms with Crippen LogP contribution in [-0.2, 0) is 0 Å². The van der Waals surface area contributed by atoms with Crippen LogP contribution in [0.3, 0.4) is 0 Å². The van der Waals surface area contributed by atoms with Gasteiger partial charge in [-0.25, -0.2) is 0 Å². The fourth-order valence-electron chi connectivity index (χ4n) is 3.25. The quantitative estimate of drug-likeness (QED) is 0.515. The maximum Gasteiger partial charge on any atom is 0.0961 e. The third kappa shape index (κ3) is 5.10. The molecule has 0 bridgehead atoms. The standard InChI is InChI=1S/C18H36N2/c1-8-9-14-20(7)15(2)19-18(6)12-10-16(11-13-18)17(3,4)5/h16H,8-14H2,1-7H3. The summed E-state index contributed by atoms with van der Waals surface area (Å²) >= 11 is 0. The van der Waals surface area contributed by atoms with Crippen LogP contribution >= 0.6 is 0 Å². The highest BCUT2D eigenvalue weighted by molar-refractivity contribution is 5.79. The Bertz CT molecular complexity index is 317. The second kappa shape index (κ2) is 6.95. The molecule has 0 spiro atoms. The van der Waals surface area contributed by atoms with Crippen molar-refractivity contribution in [3.8, 4) is 0 Å². The SMILES string of the molecule is CCCCN(C)C(C)=NC1(C)CCC(C(C)(C)C)CC1. The van der Waals surface area contributed by atoms with E-state index >= 15 is 0 Å². The number of hydrogen-bond donors (Lipinski definition) is 0. The summed E-state index contributed by atoms with van der Waals surface area (Å²) in [5, 5.41) is 0. The van der Waals surface area contributed by atoms with Crippen LogP contribution in [0.4, 0.5) is 0 Å². The number of unbranched alkanes of at least 4 members (excludes halogenated alkanes) is 1. The van der Waals surface area contributed by atoms with Gasteiger partial charge in [0.15, 0.2) is 0 Å². The van der Waals surface area contributed by atoms with Crippen molar-refractivity contribution in [2.45, 2.75) is 85.6 Å². The van der Waals surface area contributed by atoms with E-state index < -0.39 is 0 Å². The van der Waals surface area contributed by atoms with Crippen molar-refractivity contribution in [2.75, 3.05) is 13.6 Å². The summed E-state index contributed by atoms with van der Waals surface area (Å²) in [6, 6.07) is 0. The normalized spacial score (nSPS) is 28.6. The van der Waals surface area contributed by atoms with E-state index in [4.69, 9.17) is 4.99 Å². The molecule has 118 valence electrons. The summed E-state index contributed by atoms with van der Waals surface area (Å²) < 4.78 is 0. The third-order valence-corrected chi connectivity index (χ3v) is 5.12. The van der Waals surface area contributed by atoms with Crippen LogP contribution in [0.15, 0.2) is 4.99 Å². The predicted octanol–water partition coefficient (Wildman–Crippen LogP) is 5.13. The Morgan fingerprint density at radius 2 is 1.80 bits per heavy atom. The van der Waals surface area contributed by atoms with E-state index in [1.54, 1.807) is 0 Å². The molecule has 0 aromatic rings. The molecule has 0 unspecified atom stereocenters. The van der Waals surface area contributed by atoms with Gasteiger partial charge in [0.1, 0.15) is 0 Å². The molecule has 0 aromatic heterocycles. The van der Waals surface area contributed by atoms with Crippen LogP contribution in [-0.4, -0.2) is 29.9 Å². The summed E-state index contributed by atoms with van der Waals surface area (Å²) in [7, 11) is 2.18. The van der Waals surface area contributed by atoms with Crippen molar-refractivity contribution in [3.05, 3.63) is 0 Å². The predicted molar refractivity (Wildman–Crippen MR) is 90.5 cm³/mol. The minimum absolute atomic E-state index is 0.173. The van der Waals surface area contributed by atoms with Gasteiger partial charge in [-0.15, -0.1) is 0 Å². The lowest BCUT2D eigenvalue weighted by molar-refractivity contribution is 0.142. The Morgan fingerprint density at radius 3 is 2.25 bits per heavy atom. The molecule has 0 saturated heterocycles. The van der Waals surface area contributed by atoms with E-state index in [0.29, 0.717) is 5.41 Å². The molecule has 0 radical (unpaired) electrons. The number of aliphatic imine (C=N–C) groups is 1.